The Balaban J connectivity index is 2.57. The van der Waals surface area contributed by atoms with E-state index in [0.29, 0.717) is 0 Å². The molecule has 0 aliphatic carbocycles. The zero-order chi connectivity index (χ0) is 18.8. The first-order valence-corrected chi connectivity index (χ1v) is 9.20. The Kier molecular flexibility index (Phi) is 5.04. The average molecular weight is 391 g/mol. The lowest BCUT2D eigenvalue weighted by Crippen LogP contribution is -2.15. The molecule has 0 fully saturated rings. The summed E-state index contributed by atoms with van der Waals surface area (Å²) < 4.78 is 63.6. The topological polar surface area (TPSA) is 224 Å². The minimum atomic E-state index is -4.72. The van der Waals surface area contributed by atoms with E-state index >= 15 is 0 Å². The summed E-state index contributed by atoms with van der Waals surface area (Å²) in [6.07, 6.45) is 0. The van der Waals surface area contributed by atoms with Crippen molar-refractivity contribution in [3.8, 4) is 0 Å². The molecule has 0 saturated heterocycles. The van der Waals surface area contributed by atoms with Crippen LogP contribution in [0, 0.1) is 0 Å². The summed E-state index contributed by atoms with van der Waals surface area (Å²) in [7, 11) is -9.35. The lowest BCUT2D eigenvalue weighted by Gasteiger charge is -2.11. The summed E-state index contributed by atoms with van der Waals surface area (Å²) >= 11 is 0. The van der Waals surface area contributed by atoms with E-state index in [2.05, 4.69) is 25.6 Å². The molecule has 0 radical (unpaired) electrons. The summed E-state index contributed by atoms with van der Waals surface area (Å²) in [6, 6.07) is 2.35. The summed E-state index contributed by atoms with van der Waals surface area (Å²) in [4.78, 5) is 9.96. The molecule has 0 atom stereocenters. The molecule has 13 nitrogen and oxygen atoms in total. The number of nitrogens with one attached hydrogen (secondary N) is 2. The number of nitrogens with zero attached hydrogens (tertiary/aromatic N) is 3. The SMILES string of the molecule is NCNc1nc(N)nc(Nc2cc(S(=O)(=O)O)ccc2S(=O)(=O)O)n1. The molecule has 0 aliphatic heterocycles. The second-order valence-corrected chi connectivity index (χ2v) is 7.27. The van der Waals surface area contributed by atoms with Crippen molar-refractivity contribution in [3.05, 3.63) is 18.2 Å². The summed E-state index contributed by atoms with van der Waals surface area (Å²) in [5.74, 6) is -0.537. The van der Waals surface area contributed by atoms with Gasteiger partial charge < -0.3 is 22.1 Å². The second kappa shape index (κ2) is 6.73. The van der Waals surface area contributed by atoms with Gasteiger partial charge in [-0.15, -0.1) is 0 Å². The summed E-state index contributed by atoms with van der Waals surface area (Å²) in [6.45, 7) is -0.0304. The van der Waals surface area contributed by atoms with Crippen molar-refractivity contribution >= 4 is 43.8 Å². The summed E-state index contributed by atoms with van der Waals surface area (Å²) in [5.41, 5.74) is 10.3. The van der Waals surface area contributed by atoms with Gasteiger partial charge in [-0.2, -0.15) is 31.8 Å². The Morgan fingerprint density at radius 1 is 1.00 bits per heavy atom. The van der Waals surface area contributed by atoms with Gasteiger partial charge in [-0.1, -0.05) is 0 Å². The molecule has 0 bridgehead atoms. The molecule has 136 valence electrons. The Morgan fingerprint density at radius 3 is 2.20 bits per heavy atom. The van der Waals surface area contributed by atoms with Crippen molar-refractivity contribution in [3.63, 3.8) is 0 Å². The number of aromatic nitrogens is 3. The van der Waals surface area contributed by atoms with Gasteiger partial charge in [0.05, 0.1) is 17.3 Å². The average Bonchev–Trinajstić information content (AvgIpc) is 2.44. The highest BCUT2D eigenvalue weighted by Crippen LogP contribution is 2.27. The van der Waals surface area contributed by atoms with Crippen LogP contribution in [0.25, 0.3) is 0 Å². The van der Waals surface area contributed by atoms with Crippen LogP contribution in [0.4, 0.5) is 23.5 Å². The van der Waals surface area contributed by atoms with Gasteiger partial charge in [0.2, 0.25) is 17.8 Å². The Bertz CT molecular complexity index is 1010. The van der Waals surface area contributed by atoms with Crippen molar-refractivity contribution in [1.82, 2.24) is 15.0 Å². The van der Waals surface area contributed by atoms with Gasteiger partial charge in [-0.05, 0) is 18.2 Å². The van der Waals surface area contributed by atoms with Crippen molar-refractivity contribution in [2.24, 2.45) is 5.73 Å². The van der Waals surface area contributed by atoms with E-state index in [9.17, 15) is 21.4 Å². The lowest BCUT2D eigenvalue weighted by molar-refractivity contribution is 0.479. The first-order valence-electron chi connectivity index (χ1n) is 6.32. The number of benzene rings is 1. The molecular formula is C10H13N7O6S2. The van der Waals surface area contributed by atoms with Crippen LogP contribution in [-0.4, -0.2) is 47.6 Å². The predicted molar refractivity (Wildman–Crippen MR) is 86.3 cm³/mol. The fraction of sp³-hybridized carbons (Fsp3) is 0.100. The highest BCUT2D eigenvalue weighted by atomic mass is 32.2. The van der Waals surface area contributed by atoms with Crippen molar-refractivity contribution in [1.29, 1.82) is 0 Å². The molecule has 0 aliphatic rings. The zero-order valence-corrected chi connectivity index (χ0v) is 13.9. The van der Waals surface area contributed by atoms with E-state index in [4.69, 9.17) is 16.0 Å². The molecule has 8 N–H and O–H groups in total. The third-order valence-electron chi connectivity index (χ3n) is 2.69. The van der Waals surface area contributed by atoms with Crippen LogP contribution in [-0.2, 0) is 20.2 Å². The number of hydrogen-bond acceptors (Lipinski definition) is 11. The zero-order valence-electron chi connectivity index (χ0n) is 12.3. The molecule has 2 rings (SSSR count). The lowest BCUT2D eigenvalue weighted by atomic mass is 10.3. The third-order valence-corrected chi connectivity index (χ3v) is 4.45. The van der Waals surface area contributed by atoms with Crippen LogP contribution in [0.15, 0.2) is 28.0 Å². The van der Waals surface area contributed by atoms with Crippen LogP contribution in [0.1, 0.15) is 0 Å². The number of rotatable bonds is 6. The maximum atomic E-state index is 11.4. The third kappa shape index (κ3) is 4.70. The summed E-state index contributed by atoms with van der Waals surface area (Å²) in [5, 5.41) is 4.94. The number of nitrogen functional groups attached to an aromatic ring is 1. The molecule has 0 unspecified atom stereocenters. The highest BCUT2D eigenvalue weighted by Gasteiger charge is 2.20. The van der Waals surface area contributed by atoms with E-state index in [-0.39, 0.29) is 24.5 Å². The molecule has 25 heavy (non-hydrogen) atoms. The van der Waals surface area contributed by atoms with Crippen LogP contribution in [0.3, 0.4) is 0 Å². The molecule has 0 amide bonds. The Morgan fingerprint density at radius 2 is 1.64 bits per heavy atom. The van der Waals surface area contributed by atoms with Crippen molar-refractivity contribution in [2.45, 2.75) is 9.79 Å². The monoisotopic (exact) mass is 391 g/mol. The van der Waals surface area contributed by atoms with Crippen LogP contribution in [0.5, 0.6) is 0 Å². The van der Waals surface area contributed by atoms with Gasteiger partial charge in [0.25, 0.3) is 20.2 Å². The molecule has 15 heteroatoms. The highest BCUT2D eigenvalue weighted by molar-refractivity contribution is 7.86. The molecular weight excluding hydrogens is 378 g/mol. The van der Waals surface area contributed by atoms with E-state index in [1.165, 1.54) is 0 Å². The van der Waals surface area contributed by atoms with Gasteiger partial charge in [0.15, 0.2) is 0 Å². The largest absolute Gasteiger partial charge is 0.368 e. The standard InChI is InChI=1S/C10H13N7O6S2/c11-4-13-9-15-8(12)16-10(17-9)14-6-3-5(24(18,19)20)1-2-7(6)25(21,22)23/h1-3H,4,11H2,(H,18,19,20)(H,21,22,23)(H4,12,13,14,15,16,17). The van der Waals surface area contributed by atoms with E-state index in [0.717, 1.165) is 18.2 Å². The van der Waals surface area contributed by atoms with Gasteiger partial charge in [0, 0.05) is 0 Å². The van der Waals surface area contributed by atoms with Crippen molar-refractivity contribution < 1.29 is 25.9 Å². The second-order valence-electron chi connectivity index (χ2n) is 4.45. The van der Waals surface area contributed by atoms with Crippen LogP contribution >= 0.6 is 0 Å². The molecule has 0 spiro atoms. The number of nitrogens with two attached hydrogens (primary N) is 2. The molecule has 1 aromatic carbocycles. The van der Waals surface area contributed by atoms with Crippen molar-refractivity contribution in [2.75, 3.05) is 23.0 Å². The molecule has 1 heterocycles. The van der Waals surface area contributed by atoms with Crippen LogP contribution in [0.2, 0.25) is 0 Å². The Labute approximate surface area is 142 Å². The Hall–Kier alpha value is -2.59. The van der Waals surface area contributed by atoms with Gasteiger partial charge in [-0.3, -0.25) is 9.11 Å². The smallest absolute Gasteiger partial charge is 0.296 e. The first kappa shape index (κ1) is 18.7. The fourth-order valence-corrected chi connectivity index (χ4v) is 2.87. The van der Waals surface area contributed by atoms with Gasteiger partial charge >= 0.3 is 0 Å². The molecule has 2 aromatic rings. The number of hydrogen-bond donors (Lipinski definition) is 6. The fourth-order valence-electron chi connectivity index (χ4n) is 1.73. The minimum Gasteiger partial charge on any atom is -0.368 e. The normalized spacial score (nSPS) is 12.0. The number of anilines is 4. The first-order chi connectivity index (χ1) is 11.5. The van der Waals surface area contributed by atoms with Gasteiger partial charge in [-0.25, -0.2) is 0 Å². The maximum Gasteiger partial charge on any atom is 0.296 e. The minimum absolute atomic E-state index is 0.0304. The van der Waals surface area contributed by atoms with Gasteiger partial charge in [0.1, 0.15) is 4.90 Å². The quantitative estimate of drug-likeness (QED) is 0.257. The van der Waals surface area contributed by atoms with Crippen LogP contribution < -0.4 is 22.1 Å². The molecule has 1 aromatic heterocycles. The molecule has 0 saturated carbocycles. The van der Waals surface area contributed by atoms with E-state index in [1.54, 1.807) is 0 Å². The maximum absolute atomic E-state index is 11.4. The van der Waals surface area contributed by atoms with E-state index < -0.39 is 35.7 Å². The predicted octanol–water partition coefficient (Wildman–Crippen LogP) is -0.981. The van der Waals surface area contributed by atoms with E-state index in [1.807, 2.05) is 0 Å².